The largest absolute Gasteiger partial charge is 0.457 e. The highest BCUT2D eigenvalue weighted by molar-refractivity contribution is 6.34. The smallest absolute Gasteiger partial charge is 0.274 e. The van der Waals surface area contributed by atoms with Gasteiger partial charge in [0.05, 0.1) is 27.3 Å². The fraction of sp³-hybridized carbons (Fsp3) is 0.250. The fourth-order valence-corrected chi connectivity index (χ4v) is 7.11. The number of ketones is 1. The van der Waals surface area contributed by atoms with E-state index in [0.717, 1.165) is 16.4 Å². The first-order valence-electron chi connectivity index (χ1n) is 13.9. The highest BCUT2D eigenvalue weighted by Gasteiger charge is 2.68. The number of nitro benzene ring substituents is 1. The standard InChI is InChI=1S/C32H24ClN3O7/c33-26-4-2-1-3-23(26)30(38)34(35-31(39)28-21-13-14-22(25-15-24(21)25)29(28)32(35)40)16-27(37)17-5-9-19(10-6-17)43-20-11-7-18(8-12-20)36(41)42/h1-14,21-22,24-25,28-29H,15-16H2/t21-,22-,24-,25+,28-,29+/m0/s1. The van der Waals surface area contributed by atoms with E-state index in [2.05, 4.69) is 0 Å². The van der Waals surface area contributed by atoms with Crippen LogP contribution in [0.2, 0.25) is 5.02 Å². The van der Waals surface area contributed by atoms with E-state index >= 15 is 0 Å². The average Bonchev–Trinajstić information content (AvgIpc) is 3.79. The second-order valence-corrected chi connectivity index (χ2v) is 11.7. The molecule has 0 spiro atoms. The minimum Gasteiger partial charge on any atom is -0.457 e. The van der Waals surface area contributed by atoms with Crippen LogP contribution in [0, 0.1) is 45.6 Å². The number of hydrazine groups is 1. The lowest BCUT2D eigenvalue weighted by Gasteiger charge is -2.37. The molecular formula is C32H24ClN3O7. The molecule has 43 heavy (non-hydrogen) atoms. The van der Waals surface area contributed by atoms with Gasteiger partial charge in [-0.05, 0) is 78.6 Å². The molecule has 0 radical (unpaired) electrons. The Morgan fingerprint density at radius 3 is 2.00 bits per heavy atom. The second-order valence-electron chi connectivity index (χ2n) is 11.3. The number of carbonyl (C=O) groups is 4. The third-order valence-corrected chi connectivity index (χ3v) is 9.30. The van der Waals surface area contributed by atoms with E-state index in [0.29, 0.717) is 23.3 Å². The maximum absolute atomic E-state index is 13.9. The maximum Gasteiger partial charge on any atom is 0.274 e. The Balaban J connectivity index is 1.14. The Morgan fingerprint density at radius 2 is 1.44 bits per heavy atom. The van der Waals surface area contributed by atoms with Crippen LogP contribution in [0.25, 0.3) is 0 Å². The zero-order valence-corrected chi connectivity index (χ0v) is 23.3. The van der Waals surface area contributed by atoms with Crippen molar-refractivity contribution in [1.82, 2.24) is 10.0 Å². The molecule has 4 aliphatic carbocycles. The molecule has 3 amide bonds. The zero-order valence-electron chi connectivity index (χ0n) is 22.5. The van der Waals surface area contributed by atoms with Gasteiger partial charge in [0.1, 0.15) is 18.0 Å². The number of benzene rings is 3. The first kappa shape index (κ1) is 27.0. The summed E-state index contributed by atoms with van der Waals surface area (Å²) in [7, 11) is 0. The van der Waals surface area contributed by atoms with E-state index < -0.39 is 46.8 Å². The molecule has 0 unspecified atom stereocenters. The lowest BCUT2D eigenvalue weighted by atomic mass is 9.63. The second kappa shape index (κ2) is 10.2. The van der Waals surface area contributed by atoms with Gasteiger partial charge in [-0.25, -0.2) is 5.01 Å². The van der Waals surface area contributed by atoms with Crippen LogP contribution in [0.1, 0.15) is 27.1 Å². The SMILES string of the molecule is O=C(CN(C(=O)c1ccccc1Cl)N1C(=O)[C@@H]2[C@H]3C=C[C@@H]([C@@H]4C[C@H]34)[C@@H]2C1=O)c1ccc(Oc2ccc([N+](=O)[O-])cc2)cc1. The van der Waals surface area contributed by atoms with Gasteiger partial charge in [-0.1, -0.05) is 35.9 Å². The van der Waals surface area contributed by atoms with Crippen LogP contribution >= 0.6 is 11.6 Å². The lowest BCUT2D eigenvalue weighted by molar-refractivity contribution is -0.384. The number of non-ortho nitro benzene ring substituents is 1. The molecule has 3 aromatic rings. The Bertz CT molecular complexity index is 1690. The van der Waals surface area contributed by atoms with Gasteiger partial charge < -0.3 is 4.74 Å². The molecule has 5 aliphatic rings. The molecule has 2 saturated carbocycles. The number of rotatable bonds is 8. The number of ether oxygens (including phenoxy) is 1. The van der Waals surface area contributed by atoms with E-state index in [9.17, 15) is 29.3 Å². The Hall–Kier alpha value is -4.83. The number of imide groups is 1. The minimum absolute atomic E-state index is 0.0438. The van der Waals surface area contributed by atoms with Crippen molar-refractivity contribution in [3.8, 4) is 11.5 Å². The number of Topliss-reactive ketones (excluding diaryl/α,β-unsaturated/α-hetero) is 1. The van der Waals surface area contributed by atoms with Crippen LogP contribution < -0.4 is 4.74 Å². The summed E-state index contributed by atoms with van der Waals surface area (Å²) in [5.74, 6) is -1.79. The van der Waals surface area contributed by atoms with Crippen molar-refractivity contribution in [2.75, 3.05) is 6.54 Å². The van der Waals surface area contributed by atoms with Gasteiger partial charge in [-0.15, -0.1) is 0 Å². The summed E-state index contributed by atoms with van der Waals surface area (Å²) < 4.78 is 5.72. The van der Waals surface area contributed by atoms with Crippen molar-refractivity contribution in [3.63, 3.8) is 0 Å². The van der Waals surface area contributed by atoms with E-state index in [1.807, 2.05) is 12.2 Å². The number of nitro groups is 1. The summed E-state index contributed by atoms with van der Waals surface area (Å²) >= 11 is 6.33. The molecule has 11 heteroatoms. The van der Waals surface area contributed by atoms with E-state index in [-0.39, 0.29) is 33.7 Å². The third kappa shape index (κ3) is 4.49. The number of halogens is 1. The number of hydrogen-bond acceptors (Lipinski definition) is 7. The van der Waals surface area contributed by atoms with Gasteiger partial charge >= 0.3 is 0 Å². The molecule has 216 valence electrons. The topological polar surface area (TPSA) is 127 Å². The van der Waals surface area contributed by atoms with Crippen LogP contribution in [0.15, 0.2) is 84.9 Å². The first-order chi connectivity index (χ1) is 20.7. The number of carbonyl (C=O) groups excluding carboxylic acids is 4. The van der Waals surface area contributed by atoms with Crippen molar-refractivity contribution < 1.29 is 28.8 Å². The van der Waals surface area contributed by atoms with Crippen LogP contribution in [0.3, 0.4) is 0 Å². The van der Waals surface area contributed by atoms with Gasteiger partial charge in [-0.2, -0.15) is 5.01 Å². The third-order valence-electron chi connectivity index (χ3n) is 8.97. The molecule has 6 atom stereocenters. The predicted molar refractivity (Wildman–Crippen MR) is 153 cm³/mol. The molecule has 3 aromatic carbocycles. The summed E-state index contributed by atoms with van der Waals surface area (Å²) in [6.07, 6.45) is 5.08. The number of hydrogen-bond donors (Lipinski definition) is 0. The molecule has 8 rings (SSSR count). The molecule has 1 aliphatic heterocycles. The van der Waals surface area contributed by atoms with E-state index in [1.165, 1.54) is 48.5 Å². The lowest BCUT2D eigenvalue weighted by Crippen LogP contribution is -2.52. The van der Waals surface area contributed by atoms with Gasteiger partial charge in [0, 0.05) is 17.7 Å². The molecule has 0 aromatic heterocycles. The molecular weight excluding hydrogens is 574 g/mol. The van der Waals surface area contributed by atoms with Crippen LogP contribution in [0.4, 0.5) is 5.69 Å². The monoisotopic (exact) mass is 597 g/mol. The van der Waals surface area contributed by atoms with E-state index in [4.69, 9.17) is 16.3 Å². The van der Waals surface area contributed by atoms with Gasteiger partial charge in [0.2, 0.25) is 0 Å². The summed E-state index contributed by atoms with van der Waals surface area (Å²) in [6, 6.07) is 18.0. The fourth-order valence-electron chi connectivity index (χ4n) is 6.89. The minimum atomic E-state index is -0.720. The quantitative estimate of drug-likeness (QED) is 0.113. The van der Waals surface area contributed by atoms with Gasteiger partial charge in [-0.3, -0.25) is 29.3 Å². The highest BCUT2D eigenvalue weighted by Crippen LogP contribution is 2.65. The molecule has 3 fully saturated rings. The Morgan fingerprint density at radius 1 is 0.884 bits per heavy atom. The van der Waals surface area contributed by atoms with Crippen molar-refractivity contribution >= 4 is 40.8 Å². The van der Waals surface area contributed by atoms with Crippen LogP contribution in [-0.4, -0.2) is 45.0 Å². The van der Waals surface area contributed by atoms with Crippen molar-refractivity contribution in [3.05, 3.63) is 111 Å². The van der Waals surface area contributed by atoms with Crippen molar-refractivity contribution in [2.24, 2.45) is 35.5 Å². The van der Waals surface area contributed by atoms with Crippen LogP contribution in [0.5, 0.6) is 11.5 Å². The predicted octanol–water partition coefficient (Wildman–Crippen LogP) is 5.33. The zero-order chi connectivity index (χ0) is 30.0. The number of allylic oxidation sites excluding steroid dienone is 2. The van der Waals surface area contributed by atoms with Crippen molar-refractivity contribution in [1.29, 1.82) is 0 Å². The van der Waals surface area contributed by atoms with Crippen molar-refractivity contribution in [2.45, 2.75) is 6.42 Å². The first-order valence-corrected chi connectivity index (χ1v) is 14.3. The van der Waals surface area contributed by atoms with E-state index in [1.54, 1.807) is 24.3 Å². The Kier molecular flexibility index (Phi) is 6.39. The summed E-state index contributed by atoms with van der Waals surface area (Å²) in [4.78, 5) is 65.4. The molecule has 1 saturated heterocycles. The summed E-state index contributed by atoms with van der Waals surface area (Å²) in [6.45, 7) is -0.556. The maximum atomic E-state index is 13.9. The molecule has 0 N–H and O–H groups in total. The molecule has 10 nitrogen and oxygen atoms in total. The normalized spacial score (nSPS) is 26.1. The van der Waals surface area contributed by atoms with Crippen LogP contribution in [-0.2, 0) is 9.59 Å². The van der Waals surface area contributed by atoms with Gasteiger partial charge in [0.15, 0.2) is 5.78 Å². The summed E-state index contributed by atoms with van der Waals surface area (Å²) in [5, 5.41) is 12.8. The summed E-state index contributed by atoms with van der Waals surface area (Å²) in [5.41, 5.74) is 0.231. The molecule has 2 bridgehead atoms. The number of nitrogens with zero attached hydrogens (tertiary/aromatic N) is 3. The highest BCUT2D eigenvalue weighted by atomic mass is 35.5. The molecule has 1 heterocycles. The van der Waals surface area contributed by atoms with Gasteiger partial charge in [0.25, 0.3) is 23.4 Å². The number of amides is 3. The Labute approximate surface area is 250 Å². The average molecular weight is 598 g/mol.